The van der Waals surface area contributed by atoms with E-state index < -0.39 is 11.7 Å². The number of aromatic nitrogens is 2. The Balaban J connectivity index is 1.32. The summed E-state index contributed by atoms with van der Waals surface area (Å²) in [4.78, 5) is 14.0. The molecular formula is C19H17F3N4O3. The second-order valence-electron chi connectivity index (χ2n) is 6.69. The summed E-state index contributed by atoms with van der Waals surface area (Å²) in [5.74, 6) is 1.34. The molecule has 4 rings (SSSR count). The van der Waals surface area contributed by atoms with Gasteiger partial charge in [-0.05, 0) is 49.2 Å². The van der Waals surface area contributed by atoms with Gasteiger partial charge in [-0.3, -0.25) is 0 Å². The van der Waals surface area contributed by atoms with E-state index in [0.29, 0.717) is 49.2 Å². The fourth-order valence-electron chi connectivity index (χ4n) is 3.17. The normalized spacial score (nSPS) is 15.5. The maximum atomic E-state index is 12.6. The third-order valence-electron chi connectivity index (χ3n) is 4.77. The summed E-state index contributed by atoms with van der Waals surface area (Å²) in [6.07, 6.45) is -1.61. The van der Waals surface area contributed by atoms with Gasteiger partial charge in [0.2, 0.25) is 5.89 Å². The molecule has 10 heteroatoms. The lowest BCUT2D eigenvalue weighted by Gasteiger charge is -2.30. The maximum absolute atomic E-state index is 12.6. The Labute approximate surface area is 163 Å². The molecule has 0 radical (unpaired) electrons. The number of rotatable bonds is 3. The zero-order chi connectivity index (χ0) is 20.4. The van der Waals surface area contributed by atoms with Crippen molar-refractivity contribution in [1.82, 2.24) is 15.1 Å². The number of hydrogen-bond acceptors (Lipinski definition) is 5. The van der Waals surface area contributed by atoms with Gasteiger partial charge in [-0.25, -0.2) is 4.79 Å². The van der Waals surface area contributed by atoms with Gasteiger partial charge in [0.25, 0.3) is 5.89 Å². The highest BCUT2D eigenvalue weighted by Gasteiger charge is 2.30. The van der Waals surface area contributed by atoms with Gasteiger partial charge in [-0.1, -0.05) is 0 Å². The number of benzene rings is 1. The molecule has 0 bridgehead atoms. The number of halogens is 3. The Kier molecular flexibility index (Phi) is 4.99. The topological polar surface area (TPSA) is 84.4 Å². The molecular weight excluding hydrogens is 389 g/mol. The van der Waals surface area contributed by atoms with E-state index in [2.05, 4.69) is 15.5 Å². The molecule has 1 N–H and O–H groups in total. The lowest BCUT2D eigenvalue weighted by atomic mass is 9.97. The summed E-state index contributed by atoms with van der Waals surface area (Å²) in [6.45, 7) is 0.936. The number of carbonyl (C=O) groups is 1. The van der Waals surface area contributed by atoms with Gasteiger partial charge in [0, 0.05) is 24.7 Å². The van der Waals surface area contributed by atoms with E-state index in [4.69, 9.17) is 8.83 Å². The lowest BCUT2D eigenvalue weighted by Crippen LogP contribution is -2.40. The van der Waals surface area contributed by atoms with Crippen LogP contribution in [-0.2, 0) is 6.18 Å². The average molecular weight is 406 g/mol. The van der Waals surface area contributed by atoms with E-state index in [-0.39, 0.29) is 11.9 Å². The summed E-state index contributed by atoms with van der Waals surface area (Å²) >= 11 is 0. The van der Waals surface area contributed by atoms with Crippen LogP contribution in [0.3, 0.4) is 0 Å². The van der Waals surface area contributed by atoms with Gasteiger partial charge < -0.3 is 19.1 Å². The van der Waals surface area contributed by atoms with Crippen molar-refractivity contribution in [3.8, 4) is 11.7 Å². The molecule has 29 heavy (non-hydrogen) atoms. The molecule has 0 aliphatic carbocycles. The van der Waals surface area contributed by atoms with Crippen LogP contribution in [0.25, 0.3) is 11.7 Å². The number of anilines is 1. The summed E-state index contributed by atoms with van der Waals surface area (Å²) in [7, 11) is 0. The lowest BCUT2D eigenvalue weighted by molar-refractivity contribution is -0.137. The smallest absolute Gasteiger partial charge is 0.416 e. The van der Waals surface area contributed by atoms with E-state index in [1.165, 1.54) is 18.4 Å². The first-order chi connectivity index (χ1) is 13.9. The second-order valence-corrected chi connectivity index (χ2v) is 6.69. The Bertz CT molecular complexity index is 960. The van der Waals surface area contributed by atoms with Gasteiger partial charge in [-0.15, -0.1) is 10.2 Å². The highest BCUT2D eigenvalue weighted by Crippen LogP contribution is 2.31. The zero-order valence-corrected chi connectivity index (χ0v) is 15.1. The van der Waals surface area contributed by atoms with E-state index in [1.807, 2.05) is 0 Å². The number of likely N-dealkylation sites (tertiary alicyclic amines) is 1. The molecule has 2 aromatic heterocycles. The Morgan fingerprint density at radius 1 is 1.10 bits per heavy atom. The van der Waals surface area contributed by atoms with Crippen molar-refractivity contribution < 1.29 is 26.8 Å². The van der Waals surface area contributed by atoms with Crippen LogP contribution in [0.4, 0.5) is 23.7 Å². The fraction of sp³-hybridized carbons (Fsp3) is 0.316. The molecule has 1 aromatic carbocycles. The largest absolute Gasteiger partial charge is 0.459 e. The fourth-order valence-corrected chi connectivity index (χ4v) is 3.17. The highest BCUT2D eigenvalue weighted by atomic mass is 19.4. The van der Waals surface area contributed by atoms with Gasteiger partial charge >= 0.3 is 12.2 Å². The van der Waals surface area contributed by atoms with Crippen molar-refractivity contribution in [3.05, 3.63) is 54.1 Å². The third-order valence-corrected chi connectivity index (χ3v) is 4.77. The number of nitrogens with one attached hydrogen (secondary N) is 1. The van der Waals surface area contributed by atoms with Crippen LogP contribution in [0.1, 0.15) is 30.2 Å². The molecule has 1 fully saturated rings. The van der Waals surface area contributed by atoms with E-state index in [0.717, 1.165) is 12.1 Å². The first-order valence-electron chi connectivity index (χ1n) is 9.00. The molecule has 7 nitrogen and oxygen atoms in total. The quantitative estimate of drug-likeness (QED) is 0.678. The Morgan fingerprint density at radius 2 is 1.83 bits per heavy atom. The minimum absolute atomic E-state index is 0.0290. The highest BCUT2D eigenvalue weighted by molar-refractivity contribution is 5.89. The molecule has 1 aliphatic heterocycles. The van der Waals surface area contributed by atoms with Gasteiger partial charge in [0.05, 0.1) is 11.8 Å². The van der Waals surface area contributed by atoms with E-state index in [1.54, 1.807) is 17.0 Å². The molecule has 1 aliphatic rings. The Hall–Kier alpha value is -3.30. The number of furan rings is 1. The van der Waals surface area contributed by atoms with Crippen LogP contribution in [0.5, 0.6) is 0 Å². The number of urea groups is 1. The molecule has 3 heterocycles. The van der Waals surface area contributed by atoms with E-state index in [9.17, 15) is 18.0 Å². The summed E-state index contributed by atoms with van der Waals surface area (Å²) in [6, 6.07) is 7.45. The monoisotopic (exact) mass is 406 g/mol. The van der Waals surface area contributed by atoms with Crippen molar-refractivity contribution in [2.75, 3.05) is 18.4 Å². The van der Waals surface area contributed by atoms with Crippen molar-refractivity contribution in [3.63, 3.8) is 0 Å². The molecule has 152 valence electrons. The van der Waals surface area contributed by atoms with Gasteiger partial charge in [-0.2, -0.15) is 13.2 Å². The van der Waals surface area contributed by atoms with Crippen molar-refractivity contribution in [2.45, 2.75) is 24.9 Å². The van der Waals surface area contributed by atoms with Crippen LogP contribution < -0.4 is 5.32 Å². The van der Waals surface area contributed by atoms with Crippen LogP contribution >= 0.6 is 0 Å². The van der Waals surface area contributed by atoms with Crippen LogP contribution in [0.15, 0.2) is 51.5 Å². The van der Waals surface area contributed by atoms with Crippen LogP contribution in [0, 0.1) is 0 Å². The summed E-state index contributed by atoms with van der Waals surface area (Å²) in [5.41, 5.74) is -0.449. The van der Waals surface area contributed by atoms with Gasteiger partial charge in [0.15, 0.2) is 5.76 Å². The SMILES string of the molecule is O=C(Nc1ccc(C(F)(F)F)cc1)N1CCC(c2nnc(-c3ccco3)o2)CC1. The Morgan fingerprint density at radius 3 is 2.45 bits per heavy atom. The number of carbonyl (C=O) groups excluding carboxylic acids is 1. The minimum atomic E-state index is -4.41. The molecule has 0 unspecified atom stereocenters. The summed E-state index contributed by atoms with van der Waals surface area (Å²) in [5, 5.41) is 10.7. The molecule has 3 aromatic rings. The zero-order valence-electron chi connectivity index (χ0n) is 15.1. The number of nitrogens with zero attached hydrogens (tertiary/aromatic N) is 3. The standard InChI is InChI=1S/C19H17F3N4O3/c20-19(21,22)13-3-5-14(6-4-13)23-18(27)26-9-7-12(8-10-26)16-24-25-17(29-16)15-2-1-11-28-15/h1-6,11-12H,7-10H2,(H,23,27). The number of hydrogen-bond donors (Lipinski definition) is 1. The van der Waals surface area contributed by atoms with Crippen molar-refractivity contribution in [1.29, 1.82) is 0 Å². The van der Waals surface area contributed by atoms with Gasteiger partial charge in [0.1, 0.15) is 0 Å². The number of piperidine rings is 1. The molecule has 2 amide bonds. The molecule has 0 atom stereocenters. The van der Waals surface area contributed by atoms with Crippen LogP contribution in [-0.4, -0.2) is 34.2 Å². The average Bonchev–Trinajstić information content (AvgIpc) is 3.39. The van der Waals surface area contributed by atoms with Crippen LogP contribution in [0.2, 0.25) is 0 Å². The third kappa shape index (κ3) is 4.25. The molecule has 0 saturated carbocycles. The first kappa shape index (κ1) is 19.0. The first-order valence-corrected chi connectivity index (χ1v) is 9.00. The van der Waals surface area contributed by atoms with Crippen molar-refractivity contribution >= 4 is 11.7 Å². The van der Waals surface area contributed by atoms with Crippen molar-refractivity contribution in [2.24, 2.45) is 0 Å². The molecule has 0 spiro atoms. The second kappa shape index (κ2) is 7.61. The minimum Gasteiger partial charge on any atom is -0.459 e. The summed E-state index contributed by atoms with van der Waals surface area (Å²) < 4.78 is 48.7. The predicted octanol–water partition coefficient (Wildman–Crippen LogP) is 4.76. The number of amides is 2. The maximum Gasteiger partial charge on any atom is 0.416 e. The molecule has 1 saturated heterocycles. The van der Waals surface area contributed by atoms with E-state index >= 15 is 0 Å². The number of alkyl halides is 3. The predicted molar refractivity (Wildman–Crippen MR) is 96.0 cm³/mol.